The van der Waals surface area contributed by atoms with Crippen LogP contribution in [0.4, 0.5) is 5.95 Å². The van der Waals surface area contributed by atoms with Gasteiger partial charge in [-0.15, -0.1) is 0 Å². The molecule has 1 heterocycles. The van der Waals surface area contributed by atoms with E-state index in [-0.39, 0.29) is 5.56 Å². The molecule has 0 saturated heterocycles. The van der Waals surface area contributed by atoms with Gasteiger partial charge >= 0.3 is 0 Å². The third-order valence-corrected chi connectivity index (χ3v) is 1.63. The van der Waals surface area contributed by atoms with Gasteiger partial charge in [-0.05, 0) is 13.8 Å². The molecule has 1 rings (SSSR count). The lowest BCUT2D eigenvalue weighted by Crippen LogP contribution is -2.15. The molecule has 0 atom stereocenters. The Balaban J connectivity index is 3.32. The number of hydrogen-bond acceptors (Lipinski definition) is 3. The third-order valence-electron chi connectivity index (χ3n) is 1.63. The molecule has 0 radical (unpaired) electrons. The SMILES string of the molecule is CNc1nc(C)c(C)c(=O)[nH]1. The fourth-order valence-electron chi connectivity index (χ4n) is 0.764. The van der Waals surface area contributed by atoms with E-state index in [1.807, 2.05) is 6.92 Å². The Morgan fingerprint density at radius 2 is 2.09 bits per heavy atom. The maximum atomic E-state index is 11.1. The van der Waals surface area contributed by atoms with E-state index < -0.39 is 0 Å². The highest BCUT2D eigenvalue weighted by Gasteiger charge is 2.00. The second kappa shape index (κ2) is 2.74. The van der Waals surface area contributed by atoms with Crippen LogP contribution in [-0.4, -0.2) is 17.0 Å². The molecule has 0 aliphatic carbocycles. The van der Waals surface area contributed by atoms with Gasteiger partial charge in [-0.3, -0.25) is 9.78 Å². The molecule has 0 bridgehead atoms. The van der Waals surface area contributed by atoms with Crippen LogP contribution >= 0.6 is 0 Å². The summed E-state index contributed by atoms with van der Waals surface area (Å²) in [5, 5.41) is 2.77. The van der Waals surface area contributed by atoms with Crippen LogP contribution in [0.2, 0.25) is 0 Å². The topological polar surface area (TPSA) is 57.8 Å². The van der Waals surface area contributed by atoms with Crippen LogP contribution in [0, 0.1) is 13.8 Å². The van der Waals surface area contributed by atoms with Crippen LogP contribution in [-0.2, 0) is 0 Å². The Labute approximate surface area is 64.7 Å². The van der Waals surface area contributed by atoms with Crippen molar-refractivity contribution in [2.45, 2.75) is 13.8 Å². The number of rotatable bonds is 1. The molecule has 0 saturated carbocycles. The average molecular weight is 153 g/mol. The molecule has 0 spiro atoms. The monoisotopic (exact) mass is 153 g/mol. The van der Waals surface area contributed by atoms with Crippen LogP contribution < -0.4 is 10.9 Å². The Kier molecular flexibility index (Phi) is 1.94. The summed E-state index contributed by atoms with van der Waals surface area (Å²) in [7, 11) is 1.72. The standard InChI is InChI=1S/C7H11N3O/c1-4-5(2)9-7(8-3)10-6(4)11/h1-3H3,(H2,8,9,10,11). The first-order valence-corrected chi connectivity index (χ1v) is 3.40. The van der Waals surface area contributed by atoms with Gasteiger partial charge in [0.2, 0.25) is 5.95 Å². The molecule has 1 aromatic heterocycles. The average Bonchev–Trinajstić information content (AvgIpc) is 1.99. The largest absolute Gasteiger partial charge is 0.359 e. The molecule has 0 unspecified atom stereocenters. The molecule has 4 nitrogen and oxygen atoms in total. The molecule has 0 aromatic carbocycles. The summed E-state index contributed by atoms with van der Waals surface area (Å²) in [5.41, 5.74) is 1.35. The van der Waals surface area contributed by atoms with Gasteiger partial charge in [0.05, 0.1) is 0 Å². The summed E-state index contributed by atoms with van der Waals surface area (Å²) in [4.78, 5) is 17.8. The summed E-state index contributed by atoms with van der Waals surface area (Å²) < 4.78 is 0. The van der Waals surface area contributed by atoms with E-state index in [0.29, 0.717) is 11.5 Å². The maximum absolute atomic E-state index is 11.1. The van der Waals surface area contributed by atoms with Gasteiger partial charge in [-0.1, -0.05) is 0 Å². The lowest BCUT2D eigenvalue weighted by molar-refractivity contribution is 1.02. The Bertz CT molecular complexity index is 316. The van der Waals surface area contributed by atoms with Crippen molar-refractivity contribution < 1.29 is 0 Å². The smallest absolute Gasteiger partial charge is 0.255 e. The zero-order valence-corrected chi connectivity index (χ0v) is 6.86. The summed E-state index contributed by atoms with van der Waals surface area (Å²) >= 11 is 0. The van der Waals surface area contributed by atoms with E-state index in [0.717, 1.165) is 5.69 Å². The normalized spacial score (nSPS) is 9.73. The van der Waals surface area contributed by atoms with Crippen LogP contribution in [0.3, 0.4) is 0 Å². The number of aryl methyl sites for hydroxylation is 1. The minimum atomic E-state index is -0.0816. The number of H-pyrrole nitrogens is 1. The molecular formula is C7H11N3O. The molecule has 11 heavy (non-hydrogen) atoms. The second-order valence-electron chi connectivity index (χ2n) is 2.37. The first-order valence-electron chi connectivity index (χ1n) is 3.40. The summed E-state index contributed by atoms with van der Waals surface area (Å²) in [6.07, 6.45) is 0. The van der Waals surface area contributed by atoms with Crippen LogP contribution in [0.15, 0.2) is 4.79 Å². The fraction of sp³-hybridized carbons (Fsp3) is 0.429. The number of aromatic amines is 1. The van der Waals surface area contributed by atoms with E-state index >= 15 is 0 Å². The van der Waals surface area contributed by atoms with E-state index in [2.05, 4.69) is 15.3 Å². The minimum absolute atomic E-state index is 0.0816. The van der Waals surface area contributed by atoms with Gasteiger partial charge < -0.3 is 5.32 Å². The van der Waals surface area contributed by atoms with Crippen molar-refractivity contribution in [3.05, 3.63) is 21.6 Å². The predicted octanol–water partition coefficient (Wildman–Crippen LogP) is 0.428. The van der Waals surface area contributed by atoms with E-state index in [1.165, 1.54) is 0 Å². The van der Waals surface area contributed by atoms with E-state index in [9.17, 15) is 4.79 Å². The number of aromatic nitrogens is 2. The van der Waals surface area contributed by atoms with E-state index in [4.69, 9.17) is 0 Å². The first kappa shape index (κ1) is 7.78. The van der Waals surface area contributed by atoms with Crippen molar-refractivity contribution in [3.8, 4) is 0 Å². The highest BCUT2D eigenvalue weighted by Crippen LogP contribution is 1.98. The molecule has 0 aliphatic heterocycles. The Morgan fingerprint density at radius 1 is 1.45 bits per heavy atom. The molecule has 1 aromatic rings. The lowest BCUT2D eigenvalue weighted by atomic mass is 10.3. The fourth-order valence-corrected chi connectivity index (χ4v) is 0.764. The van der Waals surface area contributed by atoms with Crippen LogP contribution in [0.5, 0.6) is 0 Å². The van der Waals surface area contributed by atoms with E-state index in [1.54, 1.807) is 14.0 Å². The van der Waals surface area contributed by atoms with Crippen molar-refractivity contribution in [1.29, 1.82) is 0 Å². The summed E-state index contributed by atoms with van der Waals surface area (Å²) in [6, 6.07) is 0. The molecule has 0 amide bonds. The molecule has 2 N–H and O–H groups in total. The quantitative estimate of drug-likeness (QED) is 0.615. The summed E-state index contributed by atoms with van der Waals surface area (Å²) in [5.74, 6) is 0.512. The first-order chi connectivity index (χ1) is 5.15. The Morgan fingerprint density at radius 3 is 2.55 bits per heavy atom. The lowest BCUT2D eigenvalue weighted by Gasteiger charge is -2.01. The predicted molar refractivity (Wildman–Crippen MR) is 43.9 cm³/mol. The van der Waals surface area contributed by atoms with Gasteiger partial charge in [-0.25, -0.2) is 4.98 Å². The van der Waals surface area contributed by atoms with Gasteiger partial charge in [0.1, 0.15) is 0 Å². The molecule has 60 valence electrons. The zero-order chi connectivity index (χ0) is 8.43. The molecule has 0 aliphatic rings. The third kappa shape index (κ3) is 1.39. The van der Waals surface area contributed by atoms with Gasteiger partial charge in [-0.2, -0.15) is 0 Å². The number of hydrogen-bond donors (Lipinski definition) is 2. The van der Waals surface area contributed by atoms with Crippen molar-refractivity contribution in [1.82, 2.24) is 9.97 Å². The molecule has 0 fully saturated rings. The van der Waals surface area contributed by atoms with Crippen molar-refractivity contribution >= 4 is 5.95 Å². The second-order valence-corrected chi connectivity index (χ2v) is 2.37. The number of nitrogens with one attached hydrogen (secondary N) is 2. The zero-order valence-electron chi connectivity index (χ0n) is 6.86. The highest BCUT2D eigenvalue weighted by molar-refractivity contribution is 5.27. The minimum Gasteiger partial charge on any atom is -0.359 e. The van der Waals surface area contributed by atoms with Gasteiger partial charge in [0.25, 0.3) is 5.56 Å². The summed E-state index contributed by atoms with van der Waals surface area (Å²) in [6.45, 7) is 3.56. The van der Waals surface area contributed by atoms with Crippen LogP contribution in [0.1, 0.15) is 11.3 Å². The number of anilines is 1. The Hall–Kier alpha value is -1.32. The maximum Gasteiger partial charge on any atom is 0.255 e. The highest BCUT2D eigenvalue weighted by atomic mass is 16.1. The van der Waals surface area contributed by atoms with Crippen molar-refractivity contribution in [2.24, 2.45) is 0 Å². The van der Waals surface area contributed by atoms with Crippen molar-refractivity contribution in [3.63, 3.8) is 0 Å². The van der Waals surface area contributed by atoms with Gasteiger partial charge in [0.15, 0.2) is 0 Å². The van der Waals surface area contributed by atoms with Gasteiger partial charge in [0, 0.05) is 18.3 Å². The molecule has 4 heteroatoms. The van der Waals surface area contributed by atoms with Crippen LogP contribution in [0.25, 0.3) is 0 Å². The molecular weight excluding hydrogens is 142 g/mol. The van der Waals surface area contributed by atoms with Crippen molar-refractivity contribution in [2.75, 3.05) is 12.4 Å². The number of nitrogens with zero attached hydrogens (tertiary/aromatic N) is 1.